The van der Waals surface area contributed by atoms with Crippen molar-refractivity contribution in [2.75, 3.05) is 7.11 Å². The third-order valence-corrected chi connectivity index (χ3v) is 11.3. The smallest absolute Gasteiger partial charge is 0.338 e. The summed E-state index contributed by atoms with van der Waals surface area (Å²) in [5.74, 6) is -1.43. The third-order valence-electron chi connectivity index (χ3n) is 6.89. The van der Waals surface area contributed by atoms with Crippen molar-refractivity contribution in [3.63, 3.8) is 0 Å². The second-order valence-corrected chi connectivity index (χ2v) is 14.1. The molecule has 0 spiro atoms. The third kappa shape index (κ3) is 5.32. The van der Waals surface area contributed by atoms with Crippen LogP contribution in [0.5, 0.6) is 0 Å². The van der Waals surface area contributed by atoms with E-state index in [1.165, 1.54) is 19.2 Å². The van der Waals surface area contributed by atoms with Gasteiger partial charge in [-0.05, 0) is 73.9 Å². The molecule has 1 amide bonds. The molecule has 2 heterocycles. The van der Waals surface area contributed by atoms with Crippen LogP contribution in [0.2, 0.25) is 0 Å². The van der Waals surface area contributed by atoms with E-state index in [9.17, 15) is 26.4 Å². The Labute approximate surface area is 223 Å². The summed E-state index contributed by atoms with van der Waals surface area (Å²) in [4.78, 5) is 27.6. The molecule has 0 saturated carbocycles. The zero-order chi connectivity index (χ0) is 28.6. The molecule has 12 heteroatoms. The lowest BCUT2D eigenvalue weighted by molar-refractivity contribution is 0.0599. The van der Waals surface area contributed by atoms with Crippen LogP contribution in [-0.4, -0.2) is 52.3 Å². The number of benzene rings is 2. The summed E-state index contributed by atoms with van der Waals surface area (Å²) in [6.45, 7) is 7.18. The number of carbonyl (C=O) groups is 2. The maximum Gasteiger partial charge on any atom is 0.338 e. The van der Waals surface area contributed by atoms with Crippen LogP contribution >= 0.6 is 0 Å². The molecule has 10 nitrogen and oxygen atoms in total. The Kier molecular flexibility index (Phi) is 8.37. The standard InChI is InChI=1S/C13H17N3O3S.C13H16O4S/c1-3-8-5-9-4-7(2)20(18,19)11(9)6-10(8)12(17)16-13(14)15;1-4-9-6-10-5-8(2)18(15,16)12(10)7-11(9)13(14)17-3/h5-7H,3-4H2,1-2H3,(H4,14,15,16,17);6-8H,4-5H2,1-3H3. The second kappa shape index (κ2) is 10.9. The number of amides is 1. The highest BCUT2D eigenvalue weighted by molar-refractivity contribution is 7.92. The number of esters is 1. The molecule has 4 N–H and O–H groups in total. The number of hydrogen-bond acceptors (Lipinski definition) is 7. The average Bonchev–Trinajstić information content (AvgIpc) is 3.22. The molecule has 2 aliphatic rings. The predicted molar refractivity (Wildman–Crippen MR) is 144 cm³/mol. The van der Waals surface area contributed by atoms with Gasteiger partial charge in [-0.1, -0.05) is 26.0 Å². The molecule has 38 heavy (non-hydrogen) atoms. The van der Waals surface area contributed by atoms with Gasteiger partial charge in [0.15, 0.2) is 25.6 Å². The first-order chi connectivity index (χ1) is 17.7. The summed E-state index contributed by atoms with van der Waals surface area (Å²) in [5.41, 5.74) is 14.2. The van der Waals surface area contributed by atoms with Gasteiger partial charge in [0.25, 0.3) is 5.91 Å². The van der Waals surface area contributed by atoms with Crippen molar-refractivity contribution >= 4 is 37.5 Å². The van der Waals surface area contributed by atoms with Gasteiger partial charge in [-0.25, -0.2) is 21.6 Å². The molecular weight excluding hydrogens is 530 g/mol. The number of ether oxygens (including phenoxy) is 1. The largest absolute Gasteiger partial charge is 0.465 e. The second-order valence-electron chi connectivity index (χ2n) is 9.39. The molecule has 2 unspecified atom stereocenters. The number of nitrogens with two attached hydrogens (primary N) is 2. The maximum absolute atomic E-state index is 12.2. The molecule has 2 aromatic carbocycles. The van der Waals surface area contributed by atoms with Crippen molar-refractivity contribution in [1.29, 1.82) is 0 Å². The van der Waals surface area contributed by atoms with E-state index in [2.05, 4.69) is 4.99 Å². The Balaban J connectivity index is 0.000000212. The molecule has 0 saturated heterocycles. The van der Waals surface area contributed by atoms with Crippen molar-refractivity contribution in [2.24, 2.45) is 16.5 Å². The first kappa shape index (κ1) is 29.3. The fraction of sp³-hybridized carbons (Fsp3) is 0.423. The Morgan fingerprint density at radius 1 is 0.842 bits per heavy atom. The lowest BCUT2D eigenvalue weighted by Gasteiger charge is -2.08. The molecule has 0 aliphatic carbocycles. The molecule has 206 valence electrons. The fourth-order valence-electron chi connectivity index (χ4n) is 4.73. The minimum absolute atomic E-state index is 0.219. The van der Waals surface area contributed by atoms with Crippen LogP contribution in [0.4, 0.5) is 0 Å². The van der Waals surface area contributed by atoms with Crippen molar-refractivity contribution in [3.05, 3.63) is 57.6 Å². The first-order valence-corrected chi connectivity index (χ1v) is 15.3. The molecule has 2 aromatic rings. The van der Waals surface area contributed by atoms with Gasteiger partial charge in [0.2, 0.25) is 0 Å². The number of rotatable bonds is 4. The van der Waals surface area contributed by atoms with Crippen molar-refractivity contribution < 1.29 is 31.2 Å². The van der Waals surface area contributed by atoms with Gasteiger partial charge in [-0.3, -0.25) is 4.79 Å². The fourth-order valence-corrected chi connectivity index (χ4v) is 7.98. The number of nitrogens with zero attached hydrogens (tertiary/aromatic N) is 1. The summed E-state index contributed by atoms with van der Waals surface area (Å²) in [6.07, 6.45) is 2.27. The summed E-state index contributed by atoms with van der Waals surface area (Å²) in [6, 6.07) is 6.47. The van der Waals surface area contributed by atoms with Gasteiger partial charge in [0, 0.05) is 5.56 Å². The normalized spacial score (nSPS) is 19.9. The minimum Gasteiger partial charge on any atom is -0.465 e. The highest BCUT2D eigenvalue weighted by Gasteiger charge is 2.36. The predicted octanol–water partition coefficient (Wildman–Crippen LogP) is 2.13. The molecule has 2 atom stereocenters. The van der Waals surface area contributed by atoms with Gasteiger partial charge in [-0.2, -0.15) is 4.99 Å². The van der Waals surface area contributed by atoms with E-state index in [1.54, 1.807) is 19.9 Å². The number of aliphatic imine (C=N–C) groups is 1. The Morgan fingerprint density at radius 2 is 1.26 bits per heavy atom. The molecule has 0 fully saturated rings. The van der Waals surface area contributed by atoms with E-state index >= 15 is 0 Å². The first-order valence-electron chi connectivity index (χ1n) is 12.2. The van der Waals surface area contributed by atoms with Crippen LogP contribution in [-0.2, 0) is 50.1 Å². The van der Waals surface area contributed by atoms with Crippen LogP contribution in [0.3, 0.4) is 0 Å². The van der Waals surface area contributed by atoms with Crippen molar-refractivity contribution in [3.8, 4) is 0 Å². The van der Waals surface area contributed by atoms with Gasteiger partial charge < -0.3 is 16.2 Å². The molecule has 0 aromatic heterocycles. The maximum atomic E-state index is 12.2. The van der Waals surface area contributed by atoms with Crippen LogP contribution < -0.4 is 11.5 Å². The number of methoxy groups -OCH3 is 1. The molecule has 0 radical (unpaired) electrons. The van der Waals surface area contributed by atoms with E-state index in [0.717, 1.165) is 22.3 Å². The van der Waals surface area contributed by atoms with Crippen LogP contribution in [0.25, 0.3) is 0 Å². The number of fused-ring (bicyclic) bond motifs is 2. The number of sulfone groups is 2. The quantitative estimate of drug-likeness (QED) is 0.320. The Morgan fingerprint density at radius 3 is 1.66 bits per heavy atom. The highest BCUT2D eigenvalue weighted by Crippen LogP contribution is 2.35. The SMILES string of the molecule is CCc1cc2c(cc1C(=O)N=C(N)N)S(=O)(=O)C(C)C2.CCc1cc2c(cc1C(=O)OC)S(=O)(=O)C(C)C2. The van der Waals surface area contributed by atoms with E-state index in [1.807, 2.05) is 19.9 Å². The van der Waals surface area contributed by atoms with Gasteiger partial charge in [0.05, 0.1) is 33.0 Å². The Bertz CT molecular complexity index is 1540. The molecular formula is C26H33N3O7S2. The van der Waals surface area contributed by atoms with Crippen LogP contribution in [0.15, 0.2) is 39.0 Å². The summed E-state index contributed by atoms with van der Waals surface area (Å²) < 4.78 is 53.3. The lowest BCUT2D eigenvalue weighted by Crippen LogP contribution is -2.24. The van der Waals surface area contributed by atoms with Gasteiger partial charge in [0.1, 0.15) is 0 Å². The number of aryl methyl sites for hydroxylation is 2. The highest BCUT2D eigenvalue weighted by atomic mass is 32.2. The number of guanidine groups is 1. The molecule has 2 aliphatic heterocycles. The Hall–Kier alpha value is -3.25. The number of carbonyl (C=O) groups excluding carboxylic acids is 2. The van der Waals surface area contributed by atoms with Crippen LogP contribution in [0.1, 0.15) is 70.7 Å². The van der Waals surface area contributed by atoms with E-state index in [0.29, 0.717) is 31.2 Å². The van der Waals surface area contributed by atoms with Crippen LogP contribution in [0, 0.1) is 0 Å². The molecule has 0 bridgehead atoms. The van der Waals surface area contributed by atoms with E-state index in [4.69, 9.17) is 16.2 Å². The van der Waals surface area contributed by atoms with Gasteiger partial charge in [-0.15, -0.1) is 0 Å². The summed E-state index contributed by atoms with van der Waals surface area (Å²) >= 11 is 0. The lowest BCUT2D eigenvalue weighted by atomic mass is 9.99. The zero-order valence-electron chi connectivity index (χ0n) is 22.1. The zero-order valence-corrected chi connectivity index (χ0v) is 23.7. The van der Waals surface area contributed by atoms with E-state index < -0.39 is 42.1 Å². The number of hydrogen-bond donors (Lipinski definition) is 2. The topological polar surface area (TPSA) is 176 Å². The summed E-state index contributed by atoms with van der Waals surface area (Å²) in [5, 5.41) is -0.874. The van der Waals surface area contributed by atoms with Gasteiger partial charge >= 0.3 is 5.97 Å². The minimum atomic E-state index is -3.36. The molecule has 4 rings (SSSR count). The van der Waals surface area contributed by atoms with E-state index in [-0.39, 0.29) is 21.3 Å². The van der Waals surface area contributed by atoms with Crippen molar-refractivity contribution in [2.45, 2.75) is 73.7 Å². The van der Waals surface area contributed by atoms with Crippen molar-refractivity contribution in [1.82, 2.24) is 0 Å². The monoisotopic (exact) mass is 563 g/mol. The average molecular weight is 564 g/mol. The summed E-state index contributed by atoms with van der Waals surface area (Å²) in [7, 11) is -5.34.